The van der Waals surface area contributed by atoms with Gasteiger partial charge < -0.3 is 15.1 Å². The highest BCUT2D eigenvalue weighted by molar-refractivity contribution is 14.0. The SMILES string of the molecule is CCS(=O)C1CCCC(NC(=NC)NCc2ncc(-c3ccc(C)cc3)o2)C1.I. The Morgan fingerprint density at radius 3 is 2.76 bits per heavy atom. The highest BCUT2D eigenvalue weighted by atomic mass is 127. The molecule has 1 aliphatic carbocycles. The summed E-state index contributed by atoms with van der Waals surface area (Å²) in [5, 5.41) is 7.03. The summed E-state index contributed by atoms with van der Waals surface area (Å²) in [4.78, 5) is 8.67. The lowest BCUT2D eigenvalue weighted by Crippen LogP contribution is -2.46. The van der Waals surface area contributed by atoms with Crippen LogP contribution >= 0.6 is 24.0 Å². The van der Waals surface area contributed by atoms with Crippen LogP contribution in [-0.2, 0) is 17.3 Å². The van der Waals surface area contributed by atoms with Gasteiger partial charge >= 0.3 is 0 Å². The largest absolute Gasteiger partial charge is 0.439 e. The number of aromatic nitrogens is 1. The number of aryl methyl sites for hydroxylation is 1. The number of benzene rings is 1. The molecule has 0 spiro atoms. The van der Waals surface area contributed by atoms with Crippen molar-refractivity contribution in [2.45, 2.75) is 57.4 Å². The summed E-state index contributed by atoms with van der Waals surface area (Å²) in [6.45, 7) is 4.52. The molecular formula is C21H31IN4O2S. The Hall–Kier alpha value is -1.42. The van der Waals surface area contributed by atoms with Crippen molar-refractivity contribution in [1.29, 1.82) is 0 Å². The molecule has 2 N–H and O–H groups in total. The molecule has 8 heteroatoms. The van der Waals surface area contributed by atoms with E-state index in [1.165, 1.54) is 5.56 Å². The molecule has 1 aromatic carbocycles. The van der Waals surface area contributed by atoms with Crippen molar-refractivity contribution < 1.29 is 8.63 Å². The molecule has 0 aliphatic heterocycles. The summed E-state index contributed by atoms with van der Waals surface area (Å²) >= 11 is 0. The minimum atomic E-state index is -0.727. The van der Waals surface area contributed by atoms with E-state index in [1.807, 2.05) is 19.1 Å². The van der Waals surface area contributed by atoms with E-state index in [1.54, 1.807) is 13.2 Å². The van der Waals surface area contributed by atoms with Crippen molar-refractivity contribution in [3.8, 4) is 11.3 Å². The molecule has 6 nitrogen and oxygen atoms in total. The highest BCUT2D eigenvalue weighted by Crippen LogP contribution is 2.23. The van der Waals surface area contributed by atoms with Crippen LogP contribution in [0.3, 0.4) is 0 Å². The summed E-state index contributed by atoms with van der Waals surface area (Å²) in [5.41, 5.74) is 2.23. The van der Waals surface area contributed by atoms with Crippen molar-refractivity contribution >= 4 is 40.7 Å². The van der Waals surface area contributed by atoms with Gasteiger partial charge in [0.2, 0.25) is 5.89 Å². The van der Waals surface area contributed by atoms with Gasteiger partial charge in [-0.1, -0.05) is 43.2 Å². The lowest BCUT2D eigenvalue weighted by molar-refractivity contribution is 0.412. The van der Waals surface area contributed by atoms with Gasteiger partial charge in [-0.2, -0.15) is 0 Å². The zero-order valence-electron chi connectivity index (χ0n) is 17.3. The predicted octanol–water partition coefficient (Wildman–Crippen LogP) is 4.01. The fourth-order valence-corrected chi connectivity index (χ4v) is 4.89. The van der Waals surface area contributed by atoms with Gasteiger partial charge in [0, 0.05) is 40.5 Å². The Balaban J connectivity index is 0.00000300. The van der Waals surface area contributed by atoms with Crippen LogP contribution in [0.15, 0.2) is 39.9 Å². The smallest absolute Gasteiger partial charge is 0.214 e. The van der Waals surface area contributed by atoms with Crippen LogP contribution in [0.25, 0.3) is 11.3 Å². The van der Waals surface area contributed by atoms with Gasteiger partial charge in [-0.3, -0.25) is 9.20 Å². The maximum Gasteiger partial charge on any atom is 0.214 e. The standard InChI is InChI=1S/C21H30N4O2S.HI/c1-4-28(26)18-7-5-6-17(12-18)25-21(22-3)24-14-20-23-13-19(27-20)16-10-8-15(2)9-11-16;/h8-11,13,17-18H,4-7,12,14H2,1-3H3,(H2,22,24,25);1H. The normalized spacial score (nSPS) is 20.6. The maximum absolute atomic E-state index is 12.1. The van der Waals surface area contributed by atoms with Gasteiger partial charge in [0.1, 0.15) is 0 Å². The molecule has 2 aromatic rings. The quantitative estimate of drug-likeness (QED) is 0.335. The number of aliphatic imine (C=N–C) groups is 1. The first-order valence-corrected chi connectivity index (χ1v) is 11.3. The average molecular weight is 530 g/mol. The van der Waals surface area contributed by atoms with Gasteiger partial charge in [-0.05, 0) is 26.2 Å². The van der Waals surface area contributed by atoms with Crippen LogP contribution in [0.5, 0.6) is 0 Å². The molecule has 1 heterocycles. The second-order valence-electron chi connectivity index (χ2n) is 7.21. The van der Waals surface area contributed by atoms with Crippen LogP contribution in [0.4, 0.5) is 0 Å². The van der Waals surface area contributed by atoms with E-state index < -0.39 is 10.8 Å². The van der Waals surface area contributed by atoms with Crippen LogP contribution in [0.2, 0.25) is 0 Å². The minimum Gasteiger partial charge on any atom is -0.439 e. The first kappa shape index (κ1) is 23.9. The summed E-state index contributed by atoms with van der Waals surface area (Å²) in [6.07, 6.45) is 5.92. The van der Waals surface area contributed by atoms with Gasteiger partial charge in [0.05, 0.1) is 12.7 Å². The van der Waals surface area contributed by atoms with E-state index in [9.17, 15) is 4.21 Å². The Morgan fingerprint density at radius 2 is 2.07 bits per heavy atom. The van der Waals surface area contributed by atoms with Crippen LogP contribution in [0, 0.1) is 6.92 Å². The third-order valence-electron chi connectivity index (χ3n) is 5.14. The Kier molecular flexibility index (Phi) is 9.61. The second kappa shape index (κ2) is 11.7. The third-order valence-corrected chi connectivity index (χ3v) is 6.88. The number of guanidine groups is 1. The summed E-state index contributed by atoms with van der Waals surface area (Å²) in [5.74, 6) is 2.84. The molecule has 1 aromatic heterocycles. The van der Waals surface area contributed by atoms with Crippen LogP contribution < -0.4 is 10.6 Å². The Labute approximate surface area is 192 Å². The molecule has 1 aliphatic rings. The number of nitrogens with zero attached hydrogens (tertiary/aromatic N) is 2. The van der Waals surface area contributed by atoms with Gasteiger partial charge in [-0.25, -0.2) is 4.98 Å². The molecule has 0 saturated heterocycles. The fraction of sp³-hybridized carbons (Fsp3) is 0.524. The fourth-order valence-electron chi connectivity index (χ4n) is 3.54. The van der Waals surface area contributed by atoms with Crippen molar-refractivity contribution in [2.24, 2.45) is 4.99 Å². The number of oxazole rings is 1. The lowest BCUT2D eigenvalue weighted by atomic mass is 9.95. The third kappa shape index (κ3) is 6.80. The minimum absolute atomic E-state index is 0. The van der Waals surface area contributed by atoms with E-state index >= 15 is 0 Å². The predicted molar refractivity (Wildman–Crippen MR) is 130 cm³/mol. The van der Waals surface area contributed by atoms with E-state index in [0.29, 0.717) is 18.5 Å². The molecule has 3 unspecified atom stereocenters. The average Bonchev–Trinajstić information content (AvgIpc) is 3.20. The highest BCUT2D eigenvalue weighted by Gasteiger charge is 2.26. The number of nitrogens with one attached hydrogen (secondary N) is 2. The first-order chi connectivity index (χ1) is 13.6. The van der Waals surface area contributed by atoms with Crippen molar-refractivity contribution in [2.75, 3.05) is 12.8 Å². The van der Waals surface area contributed by atoms with Crippen molar-refractivity contribution in [3.63, 3.8) is 0 Å². The number of rotatable bonds is 6. The maximum atomic E-state index is 12.1. The summed E-state index contributed by atoms with van der Waals surface area (Å²) in [7, 11) is 1.03. The van der Waals surface area contributed by atoms with E-state index in [4.69, 9.17) is 4.42 Å². The zero-order valence-corrected chi connectivity index (χ0v) is 20.5. The molecule has 0 amide bonds. The van der Waals surface area contributed by atoms with Crippen LogP contribution in [0.1, 0.15) is 44.1 Å². The first-order valence-electron chi connectivity index (χ1n) is 9.95. The zero-order chi connectivity index (χ0) is 19.9. The van der Waals surface area contributed by atoms with E-state index in [0.717, 1.165) is 48.7 Å². The molecule has 160 valence electrons. The topological polar surface area (TPSA) is 79.5 Å². The summed E-state index contributed by atoms with van der Waals surface area (Å²) in [6, 6.07) is 8.49. The number of hydrogen-bond acceptors (Lipinski definition) is 4. The number of hydrogen-bond donors (Lipinski definition) is 2. The molecule has 3 rings (SSSR count). The van der Waals surface area contributed by atoms with Gasteiger partial charge in [0.25, 0.3) is 0 Å². The second-order valence-corrected chi connectivity index (χ2v) is 9.21. The monoisotopic (exact) mass is 530 g/mol. The lowest BCUT2D eigenvalue weighted by Gasteiger charge is -2.30. The van der Waals surface area contributed by atoms with Gasteiger partial charge in [-0.15, -0.1) is 24.0 Å². The molecule has 1 fully saturated rings. The Bertz CT molecular complexity index is 822. The van der Waals surface area contributed by atoms with E-state index in [-0.39, 0.29) is 29.2 Å². The van der Waals surface area contributed by atoms with E-state index in [2.05, 4.69) is 39.7 Å². The molecule has 29 heavy (non-hydrogen) atoms. The Morgan fingerprint density at radius 1 is 1.31 bits per heavy atom. The molecule has 3 atom stereocenters. The number of halogens is 1. The van der Waals surface area contributed by atoms with Gasteiger partial charge in [0.15, 0.2) is 11.7 Å². The molecular weight excluding hydrogens is 499 g/mol. The van der Waals surface area contributed by atoms with Crippen molar-refractivity contribution in [1.82, 2.24) is 15.6 Å². The van der Waals surface area contributed by atoms with Crippen molar-refractivity contribution in [3.05, 3.63) is 41.9 Å². The summed E-state index contributed by atoms with van der Waals surface area (Å²) < 4.78 is 18.0. The molecule has 0 radical (unpaired) electrons. The molecule has 0 bridgehead atoms. The molecule has 1 saturated carbocycles. The van der Waals surface area contributed by atoms with Crippen LogP contribution in [-0.4, -0.2) is 39.2 Å².